The van der Waals surface area contributed by atoms with Gasteiger partial charge in [0.2, 0.25) is 0 Å². The molecule has 15 heavy (non-hydrogen) atoms. The minimum Gasteiger partial charge on any atom is -0.347 e. The first-order valence-corrected chi connectivity index (χ1v) is 5.26. The van der Waals surface area contributed by atoms with E-state index in [1.807, 2.05) is 6.07 Å². The van der Waals surface area contributed by atoms with E-state index in [1.165, 1.54) is 10.9 Å². The smallest absolute Gasteiger partial charge is 0.0492 e. The highest BCUT2D eigenvalue weighted by molar-refractivity contribution is 5.81. The third-order valence-electron chi connectivity index (χ3n) is 2.50. The Morgan fingerprint density at radius 2 is 2.13 bits per heavy atom. The molecule has 0 spiro atoms. The van der Waals surface area contributed by atoms with Crippen LogP contribution in [0.3, 0.4) is 0 Å². The summed E-state index contributed by atoms with van der Waals surface area (Å²) in [5, 5.41) is 1.26. The number of nitrogens with zero attached hydrogens (tertiary/aromatic N) is 1. The van der Waals surface area contributed by atoms with Gasteiger partial charge in [-0.3, -0.25) is 0 Å². The van der Waals surface area contributed by atoms with Crippen LogP contribution in [-0.4, -0.2) is 4.57 Å². The first kappa shape index (κ1) is 9.86. The maximum atomic E-state index is 5.40. The molecule has 1 nitrogen and oxygen atoms in total. The van der Waals surface area contributed by atoms with Crippen LogP contribution in [0.5, 0.6) is 0 Å². The topological polar surface area (TPSA) is 4.93 Å². The van der Waals surface area contributed by atoms with Gasteiger partial charge in [-0.05, 0) is 29.5 Å². The van der Waals surface area contributed by atoms with Crippen LogP contribution < -0.4 is 0 Å². The Bertz CT molecular complexity index is 512. The molecule has 0 radical (unpaired) electrons. The Morgan fingerprint density at radius 3 is 2.80 bits per heavy atom. The van der Waals surface area contributed by atoms with Crippen molar-refractivity contribution in [3.63, 3.8) is 0 Å². The van der Waals surface area contributed by atoms with Gasteiger partial charge in [-0.15, -0.1) is 6.42 Å². The first-order valence-electron chi connectivity index (χ1n) is 5.26. The summed E-state index contributed by atoms with van der Waals surface area (Å²) in [5.74, 6) is 3.32. The molecule has 2 rings (SSSR count). The van der Waals surface area contributed by atoms with Crippen LogP contribution in [0, 0.1) is 18.3 Å². The van der Waals surface area contributed by atoms with Crippen LogP contribution in [0.1, 0.15) is 19.4 Å². The zero-order valence-electron chi connectivity index (χ0n) is 9.20. The minimum atomic E-state index is 0.648. The molecule has 1 heterocycles. The molecule has 0 saturated heterocycles. The molecule has 0 bridgehead atoms. The van der Waals surface area contributed by atoms with Gasteiger partial charge in [0.25, 0.3) is 0 Å². The van der Waals surface area contributed by atoms with Crippen LogP contribution in [0.15, 0.2) is 30.5 Å². The lowest BCUT2D eigenvalue weighted by molar-refractivity contribution is 0.535. The summed E-state index contributed by atoms with van der Waals surface area (Å²) in [7, 11) is 0. The van der Waals surface area contributed by atoms with E-state index in [0.29, 0.717) is 5.92 Å². The van der Waals surface area contributed by atoms with Crippen LogP contribution in [-0.2, 0) is 6.54 Å². The number of fused-ring (bicyclic) bond motifs is 1. The van der Waals surface area contributed by atoms with Crippen LogP contribution in [0.4, 0.5) is 0 Å². The number of hydrogen-bond donors (Lipinski definition) is 0. The lowest BCUT2D eigenvalue weighted by Gasteiger charge is -2.08. The Kier molecular flexibility index (Phi) is 2.51. The monoisotopic (exact) mass is 197 g/mol. The van der Waals surface area contributed by atoms with E-state index >= 15 is 0 Å². The Hall–Kier alpha value is -1.68. The standard InChI is InChI=1S/C14H15N/c1-4-12-5-6-13-7-8-15(10-11(2)3)14(13)9-12/h1,5-9,11H,10H2,2-3H3. The number of terminal acetylenes is 1. The van der Waals surface area contributed by atoms with E-state index in [4.69, 9.17) is 6.42 Å². The largest absolute Gasteiger partial charge is 0.347 e. The average molecular weight is 197 g/mol. The van der Waals surface area contributed by atoms with Gasteiger partial charge in [-0.25, -0.2) is 0 Å². The fourth-order valence-electron chi connectivity index (χ4n) is 1.83. The fourth-order valence-corrected chi connectivity index (χ4v) is 1.83. The molecule has 0 amide bonds. The predicted octanol–water partition coefficient (Wildman–Crippen LogP) is 3.28. The molecule has 76 valence electrons. The number of benzene rings is 1. The molecule has 2 aromatic rings. The van der Waals surface area contributed by atoms with Crippen molar-refractivity contribution in [1.82, 2.24) is 4.57 Å². The summed E-state index contributed by atoms with van der Waals surface area (Å²) in [6.45, 7) is 5.48. The summed E-state index contributed by atoms with van der Waals surface area (Å²) < 4.78 is 2.26. The van der Waals surface area contributed by atoms with Crippen molar-refractivity contribution >= 4 is 10.9 Å². The van der Waals surface area contributed by atoms with Gasteiger partial charge in [0.1, 0.15) is 0 Å². The number of aromatic nitrogens is 1. The van der Waals surface area contributed by atoms with Crippen molar-refractivity contribution in [2.24, 2.45) is 5.92 Å². The van der Waals surface area contributed by atoms with Crippen molar-refractivity contribution in [2.75, 3.05) is 0 Å². The molecule has 0 unspecified atom stereocenters. The minimum absolute atomic E-state index is 0.648. The summed E-state index contributed by atoms with van der Waals surface area (Å²) in [5.41, 5.74) is 2.19. The molecule has 0 atom stereocenters. The normalized spacial score (nSPS) is 10.8. The zero-order valence-corrected chi connectivity index (χ0v) is 9.20. The second-order valence-corrected chi connectivity index (χ2v) is 4.28. The molecule has 0 aliphatic rings. The van der Waals surface area contributed by atoms with Gasteiger partial charge in [-0.1, -0.05) is 25.8 Å². The number of rotatable bonds is 2. The van der Waals surface area contributed by atoms with Gasteiger partial charge in [0.05, 0.1) is 0 Å². The molecule has 0 aliphatic heterocycles. The third-order valence-corrected chi connectivity index (χ3v) is 2.50. The van der Waals surface area contributed by atoms with Gasteiger partial charge in [0.15, 0.2) is 0 Å². The maximum absolute atomic E-state index is 5.40. The van der Waals surface area contributed by atoms with E-state index in [-0.39, 0.29) is 0 Å². The predicted molar refractivity (Wildman–Crippen MR) is 64.7 cm³/mol. The summed E-state index contributed by atoms with van der Waals surface area (Å²) in [6.07, 6.45) is 7.53. The van der Waals surface area contributed by atoms with E-state index in [0.717, 1.165) is 12.1 Å². The van der Waals surface area contributed by atoms with Crippen LogP contribution in [0.2, 0.25) is 0 Å². The van der Waals surface area contributed by atoms with Crippen molar-refractivity contribution < 1.29 is 0 Å². The average Bonchev–Trinajstić information content (AvgIpc) is 2.60. The summed E-state index contributed by atoms with van der Waals surface area (Å²) in [4.78, 5) is 0. The SMILES string of the molecule is C#Cc1ccc2ccn(CC(C)C)c2c1. The van der Waals surface area contributed by atoms with Crippen molar-refractivity contribution in [1.29, 1.82) is 0 Å². The highest BCUT2D eigenvalue weighted by Crippen LogP contribution is 2.18. The van der Waals surface area contributed by atoms with Gasteiger partial charge < -0.3 is 4.57 Å². The molecule has 1 heteroatoms. The Labute approximate surface area is 90.7 Å². The highest BCUT2D eigenvalue weighted by Gasteiger charge is 2.02. The first-order chi connectivity index (χ1) is 7.20. The second-order valence-electron chi connectivity index (χ2n) is 4.28. The van der Waals surface area contributed by atoms with Gasteiger partial charge in [-0.2, -0.15) is 0 Å². The van der Waals surface area contributed by atoms with Crippen molar-refractivity contribution in [2.45, 2.75) is 20.4 Å². The Balaban J connectivity index is 2.52. The Morgan fingerprint density at radius 1 is 1.33 bits per heavy atom. The molecule has 0 N–H and O–H groups in total. The van der Waals surface area contributed by atoms with Crippen molar-refractivity contribution in [3.05, 3.63) is 36.0 Å². The van der Waals surface area contributed by atoms with E-state index in [2.05, 4.69) is 48.7 Å². The van der Waals surface area contributed by atoms with Crippen LogP contribution >= 0.6 is 0 Å². The third kappa shape index (κ3) is 1.89. The van der Waals surface area contributed by atoms with Gasteiger partial charge >= 0.3 is 0 Å². The summed E-state index contributed by atoms with van der Waals surface area (Å²) in [6, 6.07) is 8.29. The quantitative estimate of drug-likeness (QED) is 0.651. The lowest BCUT2D eigenvalue weighted by atomic mass is 10.1. The van der Waals surface area contributed by atoms with E-state index in [9.17, 15) is 0 Å². The second kappa shape index (κ2) is 3.82. The summed E-state index contributed by atoms with van der Waals surface area (Å²) >= 11 is 0. The molecular formula is C14H15N. The van der Waals surface area contributed by atoms with E-state index in [1.54, 1.807) is 0 Å². The molecule has 0 aliphatic carbocycles. The molecule has 0 saturated carbocycles. The lowest BCUT2D eigenvalue weighted by Crippen LogP contribution is -2.02. The number of hydrogen-bond acceptors (Lipinski definition) is 0. The van der Waals surface area contributed by atoms with Crippen LogP contribution in [0.25, 0.3) is 10.9 Å². The highest BCUT2D eigenvalue weighted by atomic mass is 15.0. The molecule has 0 fully saturated rings. The molecular weight excluding hydrogens is 182 g/mol. The van der Waals surface area contributed by atoms with E-state index < -0.39 is 0 Å². The molecule has 1 aromatic heterocycles. The van der Waals surface area contributed by atoms with Gasteiger partial charge in [0, 0.05) is 23.8 Å². The fraction of sp³-hybridized carbons (Fsp3) is 0.286. The maximum Gasteiger partial charge on any atom is 0.0492 e. The zero-order chi connectivity index (χ0) is 10.8. The van der Waals surface area contributed by atoms with Crippen molar-refractivity contribution in [3.8, 4) is 12.3 Å². The molecule has 1 aromatic carbocycles.